The molecule has 0 bridgehead atoms. The first-order chi connectivity index (χ1) is 12.9. The zero-order valence-electron chi connectivity index (χ0n) is 15.2. The third kappa shape index (κ3) is 3.27. The second kappa shape index (κ2) is 8.26. The van der Waals surface area contributed by atoms with Crippen molar-refractivity contribution in [3.63, 3.8) is 0 Å². The van der Waals surface area contributed by atoms with Crippen LogP contribution in [-0.4, -0.2) is 18.4 Å². The third-order valence-electron chi connectivity index (χ3n) is 5.75. The summed E-state index contributed by atoms with van der Waals surface area (Å²) >= 11 is -3.16. The van der Waals surface area contributed by atoms with Crippen molar-refractivity contribution in [1.82, 2.24) is 0 Å². The van der Waals surface area contributed by atoms with E-state index in [9.17, 15) is 0 Å². The van der Waals surface area contributed by atoms with E-state index in [0.717, 1.165) is 0 Å². The van der Waals surface area contributed by atoms with Crippen molar-refractivity contribution in [2.24, 2.45) is 0 Å². The molecule has 0 nitrogen and oxygen atoms in total. The van der Waals surface area contributed by atoms with E-state index < -0.39 is 18.4 Å². The zero-order valence-corrected chi connectivity index (χ0v) is 18.1. The quantitative estimate of drug-likeness (QED) is 0.405. The van der Waals surface area contributed by atoms with Crippen LogP contribution in [0, 0.1) is 0 Å². The van der Waals surface area contributed by atoms with Crippen LogP contribution in [0.1, 0.15) is 25.7 Å². The molecule has 1 aliphatic rings. The molecule has 3 aromatic rings. The molecule has 0 fully saturated rings. The van der Waals surface area contributed by atoms with Crippen LogP contribution in [0.3, 0.4) is 0 Å². The van der Waals surface area contributed by atoms with Crippen molar-refractivity contribution in [3.8, 4) is 0 Å². The van der Waals surface area contributed by atoms with Gasteiger partial charge < -0.3 is 0 Å². The first kappa shape index (κ1) is 17.6. The second-order valence-electron chi connectivity index (χ2n) is 7.23. The topological polar surface area (TPSA) is 0 Å². The Balaban J connectivity index is 2.03. The molecule has 0 saturated carbocycles. The van der Waals surface area contributed by atoms with E-state index >= 15 is 0 Å². The second-order valence-corrected chi connectivity index (χ2v) is 18.9. The maximum absolute atomic E-state index is 3.16. The number of allylic oxidation sites excluding steroid dienone is 2. The molecule has 1 heteroatoms. The fourth-order valence-corrected chi connectivity index (χ4v) is 20.3. The van der Waals surface area contributed by atoms with Crippen LogP contribution in [-0.2, 0) is 0 Å². The van der Waals surface area contributed by atoms with E-state index in [1.54, 1.807) is 10.7 Å². The molecule has 0 saturated heterocycles. The van der Waals surface area contributed by atoms with Crippen LogP contribution in [0.4, 0.5) is 0 Å². The Labute approximate surface area is 161 Å². The molecule has 0 amide bonds. The van der Waals surface area contributed by atoms with Crippen LogP contribution in [0.2, 0.25) is 3.93 Å². The summed E-state index contributed by atoms with van der Waals surface area (Å²) in [7, 11) is 0. The van der Waals surface area contributed by atoms with Gasteiger partial charge in [0, 0.05) is 0 Å². The van der Waals surface area contributed by atoms with Gasteiger partial charge in [0.25, 0.3) is 0 Å². The monoisotopic (exact) mass is 446 g/mol. The molecule has 1 atom stereocenters. The molecule has 130 valence electrons. The molecule has 4 rings (SSSR count). The van der Waals surface area contributed by atoms with Gasteiger partial charge in [-0.25, -0.2) is 0 Å². The molecule has 0 aliphatic heterocycles. The molecule has 1 unspecified atom stereocenters. The Morgan fingerprint density at radius 2 is 1.04 bits per heavy atom. The molecule has 0 heterocycles. The molecule has 26 heavy (non-hydrogen) atoms. The van der Waals surface area contributed by atoms with Crippen molar-refractivity contribution in [2.45, 2.75) is 29.6 Å². The van der Waals surface area contributed by atoms with Gasteiger partial charge in [0.15, 0.2) is 0 Å². The van der Waals surface area contributed by atoms with Crippen molar-refractivity contribution >= 4 is 29.1 Å². The Morgan fingerprint density at radius 1 is 0.577 bits per heavy atom. The fraction of sp³-hybridized carbons (Fsp3) is 0.200. The normalized spacial score (nSPS) is 17.6. The number of rotatable bonds is 4. The van der Waals surface area contributed by atoms with Crippen molar-refractivity contribution in [2.75, 3.05) is 0 Å². The molecule has 0 aromatic heterocycles. The summed E-state index contributed by atoms with van der Waals surface area (Å²) in [5.74, 6) is 0. The standard InChI is InChI=1S/C7H11.3C6H5.Sn/c1-2-4-6-7-5-3-1;3*1-2-4-6-5-3-1;/h1-3H,4-7H2;3*1-5H;. The maximum atomic E-state index is 2.58. The van der Waals surface area contributed by atoms with Gasteiger partial charge in [-0.1, -0.05) is 0 Å². The number of benzene rings is 3. The van der Waals surface area contributed by atoms with E-state index in [1.807, 2.05) is 0 Å². The Morgan fingerprint density at radius 3 is 1.50 bits per heavy atom. The first-order valence-corrected chi connectivity index (χ1v) is 15.7. The fourth-order valence-electron chi connectivity index (χ4n) is 4.59. The Kier molecular flexibility index (Phi) is 5.59. The van der Waals surface area contributed by atoms with E-state index in [-0.39, 0.29) is 0 Å². The van der Waals surface area contributed by atoms with Crippen LogP contribution in [0.15, 0.2) is 103 Å². The first-order valence-electron chi connectivity index (χ1n) is 9.75. The van der Waals surface area contributed by atoms with E-state index in [4.69, 9.17) is 0 Å². The van der Waals surface area contributed by atoms with Crippen LogP contribution in [0.25, 0.3) is 0 Å². The average molecular weight is 445 g/mol. The minimum absolute atomic E-state index is 0.666. The van der Waals surface area contributed by atoms with Gasteiger partial charge in [0.1, 0.15) is 0 Å². The van der Waals surface area contributed by atoms with Crippen molar-refractivity contribution in [3.05, 3.63) is 103 Å². The number of hydrogen-bond donors (Lipinski definition) is 0. The van der Waals surface area contributed by atoms with Gasteiger partial charge >= 0.3 is 162 Å². The molecule has 0 N–H and O–H groups in total. The third-order valence-corrected chi connectivity index (χ3v) is 20.9. The Hall–Kier alpha value is -1.80. The van der Waals surface area contributed by atoms with Gasteiger partial charge in [0.2, 0.25) is 0 Å². The minimum atomic E-state index is -3.16. The number of hydrogen-bond acceptors (Lipinski definition) is 0. The summed E-state index contributed by atoms with van der Waals surface area (Å²) in [6.07, 6.45) is 10.2. The van der Waals surface area contributed by atoms with Gasteiger partial charge in [0.05, 0.1) is 0 Å². The van der Waals surface area contributed by atoms with Gasteiger partial charge in [-0.05, 0) is 0 Å². The summed E-state index contributed by atoms with van der Waals surface area (Å²) < 4.78 is 5.45. The van der Waals surface area contributed by atoms with E-state index in [2.05, 4.69) is 103 Å². The zero-order chi connectivity index (χ0) is 17.7. The van der Waals surface area contributed by atoms with Gasteiger partial charge in [-0.15, -0.1) is 0 Å². The molecule has 0 radical (unpaired) electrons. The summed E-state index contributed by atoms with van der Waals surface area (Å²) in [6.45, 7) is 0. The van der Waals surface area contributed by atoms with Crippen LogP contribution < -0.4 is 10.7 Å². The summed E-state index contributed by atoms with van der Waals surface area (Å²) in [4.78, 5) is 0. The molecule has 0 spiro atoms. The van der Waals surface area contributed by atoms with Crippen LogP contribution >= 0.6 is 0 Å². The van der Waals surface area contributed by atoms with E-state index in [0.29, 0.717) is 3.93 Å². The summed E-state index contributed by atoms with van der Waals surface area (Å²) in [6, 6.07) is 34.2. The molecular weight excluding hydrogens is 419 g/mol. The molecule has 3 aromatic carbocycles. The van der Waals surface area contributed by atoms with Crippen molar-refractivity contribution in [1.29, 1.82) is 0 Å². The summed E-state index contributed by atoms with van der Waals surface area (Å²) in [5.41, 5.74) is 0. The van der Waals surface area contributed by atoms with Crippen LogP contribution in [0.5, 0.6) is 0 Å². The van der Waals surface area contributed by atoms with Gasteiger partial charge in [-0.2, -0.15) is 0 Å². The van der Waals surface area contributed by atoms with Crippen molar-refractivity contribution < 1.29 is 0 Å². The molecular formula is C25H26Sn. The predicted octanol–water partition coefficient (Wildman–Crippen LogP) is 4.66. The average Bonchev–Trinajstić information content (AvgIpc) is 3.01. The Bertz CT molecular complexity index is 740. The molecule has 1 aliphatic carbocycles. The SMILES string of the molecule is C1=C[CH]([Sn]([c]2ccccc2)([c]2ccccc2)[c]2ccccc2)CCCC1. The summed E-state index contributed by atoms with van der Waals surface area (Å²) in [5, 5.41) is 0. The van der Waals surface area contributed by atoms with Gasteiger partial charge in [-0.3, -0.25) is 0 Å². The van der Waals surface area contributed by atoms with E-state index in [1.165, 1.54) is 25.7 Å². The predicted molar refractivity (Wildman–Crippen MR) is 115 cm³/mol.